The molecule has 0 aliphatic carbocycles. The number of hydrogen-bond acceptors (Lipinski definition) is 3. The molecule has 0 saturated carbocycles. The lowest BCUT2D eigenvalue weighted by Crippen LogP contribution is -2.15. The van der Waals surface area contributed by atoms with Gasteiger partial charge in [-0.1, -0.05) is 52.3 Å². The maximum atomic E-state index is 13.7. The van der Waals surface area contributed by atoms with E-state index in [1.165, 1.54) is 17.7 Å². The first kappa shape index (κ1) is 20.2. The highest BCUT2D eigenvalue weighted by Gasteiger charge is 2.37. The van der Waals surface area contributed by atoms with Crippen molar-refractivity contribution in [2.75, 3.05) is 6.61 Å². The predicted octanol–water partition coefficient (Wildman–Crippen LogP) is 5.05. The zero-order chi connectivity index (χ0) is 18.3. The van der Waals surface area contributed by atoms with Crippen molar-refractivity contribution in [1.82, 2.24) is 0 Å². The Balaban J connectivity index is 1.83. The molecule has 0 fully saturated rings. The molecule has 0 aromatic heterocycles. The van der Waals surface area contributed by atoms with E-state index >= 15 is 0 Å². The number of benzene rings is 2. The fourth-order valence-corrected chi connectivity index (χ4v) is 3.25. The van der Waals surface area contributed by atoms with Crippen LogP contribution in [0.15, 0.2) is 53.0 Å². The molecule has 0 bridgehead atoms. The molecule has 1 atom stereocenters. The minimum Gasteiger partial charge on any atom is -0.377 e. The molecular weight excluding hydrogens is 417 g/mol. The summed E-state index contributed by atoms with van der Waals surface area (Å²) in [5.41, 5.74) is 1.44. The molecule has 0 aliphatic rings. The van der Waals surface area contributed by atoms with E-state index in [0.29, 0.717) is 12.2 Å². The SMILES string of the molecule is O=[PH](O)OC(F)(F)c1ccc(COCCCc2ccccc2)cc1Br. The second kappa shape index (κ2) is 9.55. The van der Waals surface area contributed by atoms with Gasteiger partial charge in [-0.25, -0.2) is 4.52 Å². The third-order valence-corrected chi connectivity index (χ3v) is 4.52. The van der Waals surface area contributed by atoms with Crippen molar-refractivity contribution >= 4 is 24.2 Å². The zero-order valence-electron chi connectivity index (χ0n) is 13.3. The molecule has 0 amide bonds. The lowest BCUT2D eigenvalue weighted by Gasteiger charge is -2.17. The van der Waals surface area contributed by atoms with Crippen LogP contribution in [0.4, 0.5) is 8.78 Å². The van der Waals surface area contributed by atoms with Crippen molar-refractivity contribution in [2.24, 2.45) is 0 Å². The zero-order valence-corrected chi connectivity index (χ0v) is 15.8. The minimum absolute atomic E-state index is 0.0890. The van der Waals surface area contributed by atoms with E-state index in [0.717, 1.165) is 18.9 Å². The van der Waals surface area contributed by atoms with Crippen molar-refractivity contribution in [3.05, 3.63) is 69.7 Å². The molecule has 136 valence electrons. The van der Waals surface area contributed by atoms with Gasteiger partial charge in [0.05, 0.1) is 12.2 Å². The van der Waals surface area contributed by atoms with Crippen molar-refractivity contribution < 1.29 is 27.5 Å². The Morgan fingerprint density at radius 2 is 1.84 bits per heavy atom. The van der Waals surface area contributed by atoms with Gasteiger partial charge in [-0.15, -0.1) is 0 Å². The van der Waals surface area contributed by atoms with Gasteiger partial charge in [-0.3, -0.25) is 4.57 Å². The second-order valence-corrected chi connectivity index (χ2v) is 6.93. The van der Waals surface area contributed by atoms with Crippen LogP contribution in [0, 0.1) is 0 Å². The van der Waals surface area contributed by atoms with Gasteiger partial charge in [0.25, 0.3) is 0 Å². The Kier molecular flexibility index (Phi) is 7.72. The number of rotatable bonds is 9. The highest BCUT2D eigenvalue weighted by molar-refractivity contribution is 9.10. The van der Waals surface area contributed by atoms with Gasteiger partial charge in [0, 0.05) is 11.1 Å². The largest absolute Gasteiger partial charge is 0.390 e. The van der Waals surface area contributed by atoms with Crippen LogP contribution in [0.5, 0.6) is 0 Å². The normalized spacial score (nSPS) is 13.0. The Hall–Kier alpha value is -1.11. The molecule has 0 saturated heterocycles. The summed E-state index contributed by atoms with van der Waals surface area (Å²) < 4.78 is 47.4. The van der Waals surface area contributed by atoms with Gasteiger partial charge >= 0.3 is 14.4 Å². The number of ether oxygens (including phenoxy) is 1. The molecule has 2 aromatic carbocycles. The Morgan fingerprint density at radius 3 is 2.48 bits per heavy atom. The Labute approximate surface area is 153 Å². The molecule has 2 rings (SSSR count). The van der Waals surface area contributed by atoms with Gasteiger partial charge in [0.2, 0.25) is 0 Å². The number of aryl methyl sites for hydroxylation is 1. The van der Waals surface area contributed by atoms with Gasteiger partial charge in [0.15, 0.2) is 0 Å². The first-order valence-corrected chi connectivity index (χ1v) is 9.64. The molecule has 25 heavy (non-hydrogen) atoms. The summed E-state index contributed by atoms with van der Waals surface area (Å²) in [7, 11) is -3.75. The van der Waals surface area contributed by atoms with E-state index < -0.39 is 19.9 Å². The maximum absolute atomic E-state index is 13.7. The van der Waals surface area contributed by atoms with Crippen LogP contribution in [-0.2, 0) is 33.0 Å². The first-order valence-electron chi connectivity index (χ1n) is 7.59. The molecular formula is C17H18BrF2O4P. The number of alkyl halides is 2. The molecule has 0 aliphatic heterocycles. The fourth-order valence-electron chi connectivity index (χ4n) is 2.26. The average Bonchev–Trinajstić information content (AvgIpc) is 2.54. The van der Waals surface area contributed by atoms with Crippen molar-refractivity contribution in [2.45, 2.75) is 25.6 Å². The maximum Gasteiger partial charge on any atom is 0.390 e. The van der Waals surface area contributed by atoms with E-state index in [9.17, 15) is 13.3 Å². The predicted molar refractivity (Wildman–Crippen MR) is 94.8 cm³/mol. The van der Waals surface area contributed by atoms with Crippen molar-refractivity contribution in [3.63, 3.8) is 0 Å². The van der Waals surface area contributed by atoms with Gasteiger partial charge in [-0.2, -0.15) is 8.78 Å². The lowest BCUT2D eigenvalue weighted by atomic mass is 10.1. The van der Waals surface area contributed by atoms with E-state index in [-0.39, 0.29) is 11.1 Å². The van der Waals surface area contributed by atoms with Crippen LogP contribution >= 0.6 is 24.2 Å². The molecule has 0 heterocycles. The summed E-state index contributed by atoms with van der Waals surface area (Å²) in [6.45, 7) is 0.844. The summed E-state index contributed by atoms with van der Waals surface area (Å²) in [5, 5.41) is 0. The Morgan fingerprint density at radius 1 is 1.12 bits per heavy atom. The third kappa shape index (κ3) is 6.60. The standard InChI is InChI=1S/C17H18BrF2O4P/c18-16-11-14(8-9-15(16)17(19,20)24-25(21)22)12-23-10-4-7-13-5-2-1-3-6-13/h1-3,5-6,8-9,11,25H,4,7,10,12H2,(H,21,22). The molecule has 0 radical (unpaired) electrons. The lowest BCUT2D eigenvalue weighted by molar-refractivity contribution is -0.186. The molecule has 2 aromatic rings. The number of halogens is 3. The van der Waals surface area contributed by atoms with Gasteiger partial charge < -0.3 is 9.63 Å². The molecule has 0 spiro atoms. The number of hydrogen-bond donors (Lipinski definition) is 1. The van der Waals surface area contributed by atoms with Gasteiger partial charge in [0.1, 0.15) is 0 Å². The smallest absolute Gasteiger partial charge is 0.377 e. The topological polar surface area (TPSA) is 55.8 Å². The highest BCUT2D eigenvalue weighted by Crippen LogP contribution is 2.40. The Bertz CT molecular complexity index is 713. The molecule has 4 nitrogen and oxygen atoms in total. The van der Waals surface area contributed by atoms with Crippen LogP contribution in [0.25, 0.3) is 0 Å². The van der Waals surface area contributed by atoms with E-state index in [4.69, 9.17) is 9.63 Å². The summed E-state index contributed by atoms with van der Waals surface area (Å²) in [5.74, 6) is 0. The summed E-state index contributed by atoms with van der Waals surface area (Å²) in [6, 6.07) is 14.2. The summed E-state index contributed by atoms with van der Waals surface area (Å²) in [4.78, 5) is 8.55. The summed E-state index contributed by atoms with van der Waals surface area (Å²) in [6.07, 6.45) is -2.06. The first-order chi connectivity index (χ1) is 11.9. The quantitative estimate of drug-likeness (QED) is 0.443. The minimum atomic E-state index is -3.83. The van der Waals surface area contributed by atoms with Crippen LogP contribution < -0.4 is 0 Å². The molecule has 8 heteroatoms. The van der Waals surface area contributed by atoms with Crippen molar-refractivity contribution in [1.29, 1.82) is 0 Å². The second-order valence-electron chi connectivity index (χ2n) is 5.34. The van der Waals surface area contributed by atoms with E-state index in [2.05, 4.69) is 32.6 Å². The van der Waals surface area contributed by atoms with E-state index in [1.54, 1.807) is 0 Å². The van der Waals surface area contributed by atoms with Crippen molar-refractivity contribution in [3.8, 4) is 0 Å². The average molecular weight is 435 g/mol. The third-order valence-electron chi connectivity index (χ3n) is 3.43. The van der Waals surface area contributed by atoms with Crippen LogP contribution in [0.1, 0.15) is 23.1 Å². The fraction of sp³-hybridized carbons (Fsp3) is 0.294. The van der Waals surface area contributed by atoms with Crippen LogP contribution in [-0.4, -0.2) is 11.5 Å². The summed E-state index contributed by atoms with van der Waals surface area (Å²) >= 11 is 3.04. The van der Waals surface area contributed by atoms with E-state index in [1.807, 2.05) is 18.2 Å². The monoisotopic (exact) mass is 434 g/mol. The van der Waals surface area contributed by atoms with Crippen LogP contribution in [0.2, 0.25) is 0 Å². The molecule has 1 unspecified atom stereocenters. The highest BCUT2D eigenvalue weighted by atomic mass is 79.9. The molecule has 1 N–H and O–H groups in total. The van der Waals surface area contributed by atoms with Gasteiger partial charge in [-0.05, 0) is 36.1 Å². The van der Waals surface area contributed by atoms with Crippen LogP contribution in [0.3, 0.4) is 0 Å².